The van der Waals surface area contributed by atoms with Gasteiger partial charge in [-0.25, -0.2) is 0 Å². The fourth-order valence-corrected chi connectivity index (χ4v) is 3.08. The molecular weight excluding hydrogens is 280 g/mol. The van der Waals surface area contributed by atoms with Crippen molar-refractivity contribution in [1.29, 1.82) is 0 Å². The third-order valence-corrected chi connectivity index (χ3v) is 4.12. The lowest BCUT2D eigenvalue weighted by molar-refractivity contribution is 0.0776. The van der Waals surface area contributed by atoms with E-state index in [4.69, 9.17) is 4.52 Å². The highest BCUT2D eigenvalue weighted by molar-refractivity contribution is 5.92. The average molecular weight is 302 g/mol. The fraction of sp³-hybridized carbons (Fsp3) is 0.562. The number of hydrogen-bond acceptors (Lipinski definition) is 4. The second kappa shape index (κ2) is 5.94. The maximum Gasteiger partial charge on any atom is 0.276 e. The summed E-state index contributed by atoms with van der Waals surface area (Å²) < 4.78 is 7.24. The van der Waals surface area contributed by atoms with E-state index in [0.717, 1.165) is 43.0 Å². The van der Waals surface area contributed by atoms with Crippen molar-refractivity contribution in [3.05, 3.63) is 35.0 Å². The first-order valence-electron chi connectivity index (χ1n) is 7.86. The smallest absolute Gasteiger partial charge is 0.276 e. The van der Waals surface area contributed by atoms with Crippen molar-refractivity contribution in [3.63, 3.8) is 0 Å². The molecule has 0 bridgehead atoms. The van der Waals surface area contributed by atoms with E-state index in [-0.39, 0.29) is 11.9 Å². The first-order valence-corrected chi connectivity index (χ1v) is 7.86. The zero-order chi connectivity index (χ0) is 15.7. The van der Waals surface area contributed by atoms with Gasteiger partial charge in [0.15, 0.2) is 5.69 Å². The van der Waals surface area contributed by atoms with Gasteiger partial charge in [-0.05, 0) is 32.8 Å². The Labute approximate surface area is 130 Å². The molecular formula is C16H22N4O2. The number of likely N-dealkylation sites (tertiary alicyclic amines) is 1. The van der Waals surface area contributed by atoms with E-state index in [0.29, 0.717) is 12.2 Å². The summed E-state index contributed by atoms with van der Waals surface area (Å²) in [5.74, 6) is 0.732. The number of nitrogens with zero attached hydrogens (tertiary/aromatic N) is 4. The van der Waals surface area contributed by atoms with Gasteiger partial charge in [0.25, 0.3) is 5.91 Å². The third kappa shape index (κ3) is 2.77. The fourth-order valence-electron chi connectivity index (χ4n) is 3.08. The van der Waals surface area contributed by atoms with E-state index in [2.05, 4.69) is 30.2 Å². The van der Waals surface area contributed by atoms with Crippen molar-refractivity contribution >= 4 is 5.91 Å². The van der Waals surface area contributed by atoms with Crippen LogP contribution in [-0.2, 0) is 6.42 Å². The molecule has 6 nitrogen and oxygen atoms in total. The number of hydrogen-bond donors (Lipinski definition) is 0. The molecule has 1 fully saturated rings. The summed E-state index contributed by atoms with van der Waals surface area (Å²) >= 11 is 0. The summed E-state index contributed by atoms with van der Waals surface area (Å²) in [5.41, 5.74) is 2.57. The summed E-state index contributed by atoms with van der Waals surface area (Å²) in [5, 5.41) is 8.44. The molecule has 22 heavy (non-hydrogen) atoms. The lowest BCUT2D eigenvalue weighted by Crippen LogP contribution is -2.29. The number of aryl methyl sites for hydroxylation is 3. The van der Waals surface area contributed by atoms with Crippen molar-refractivity contribution in [2.24, 2.45) is 0 Å². The van der Waals surface area contributed by atoms with Crippen molar-refractivity contribution in [1.82, 2.24) is 19.8 Å². The van der Waals surface area contributed by atoms with Gasteiger partial charge in [-0.2, -0.15) is 5.10 Å². The Morgan fingerprint density at radius 2 is 2.23 bits per heavy atom. The molecule has 2 aromatic heterocycles. The molecule has 118 valence electrons. The van der Waals surface area contributed by atoms with Gasteiger partial charge < -0.3 is 9.42 Å². The normalized spacial score (nSPS) is 18.1. The van der Waals surface area contributed by atoms with Crippen LogP contribution in [0, 0.1) is 13.8 Å². The largest absolute Gasteiger partial charge is 0.361 e. The molecule has 0 aliphatic carbocycles. The van der Waals surface area contributed by atoms with Gasteiger partial charge in [-0.1, -0.05) is 12.1 Å². The maximum absolute atomic E-state index is 12.5. The van der Waals surface area contributed by atoms with E-state index in [1.165, 1.54) is 0 Å². The molecule has 1 atom stereocenters. The van der Waals surface area contributed by atoms with E-state index >= 15 is 0 Å². The molecule has 3 rings (SSSR count). The number of carbonyl (C=O) groups is 1. The number of amides is 1. The Morgan fingerprint density at radius 3 is 2.91 bits per heavy atom. The van der Waals surface area contributed by atoms with E-state index in [9.17, 15) is 4.79 Å². The minimum absolute atomic E-state index is 0.0462. The van der Waals surface area contributed by atoms with Crippen LogP contribution in [0.5, 0.6) is 0 Å². The van der Waals surface area contributed by atoms with Crippen LogP contribution in [0.4, 0.5) is 0 Å². The van der Waals surface area contributed by atoms with Crippen LogP contribution in [0.1, 0.15) is 53.4 Å². The van der Waals surface area contributed by atoms with Crippen molar-refractivity contribution in [2.75, 3.05) is 13.1 Å². The first-order chi connectivity index (χ1) is 10.6. The van der Waals surface area contributed by atoms with Gasteiger partial charge in [-0.15, -0.1) is 0 Å². The van der Waals surface area contributed by atoms with Gasteiger partial charge >= 0.3 is 0 Å². The molecule has 1 amide bonds. The van der Waals surface area contributed by atoms with Gasteiger partial charge in [0.2, 0.25) is 0 Å². The van der Waals surface area contributed by atoms with E-state index in [1.54, 1.807) is 6.07 Å². The number of rotatable bonds is 4. The van der Waals surface area contributed by atoms with Crippen LogP contribution >= 0.6 is 0 Å². The highest BCUT2D eigenvalue weighted by Gasteiger charge is 2.30. The molecule has 0 unspecified atom stereocenters. The Morgan fingerprint density at radius 1 is 1.41 bits per heavy atom. The minimum Gasteiger partial charge on any atom is -0.361 e. The molecule has 6 heteroatoms. The van der Waals surface area contributed by atoms with Gasteiger partial charge in [0.05, 0.1) is 11.7 Å². The lowest BCUT2D eigenvalue weighted by atomic mass is 10.2. The van der Waals surface area contributed by atoms with Crippen molar-refractivity contribution < 1.29 is 9.32 Å². The highest BCUT2D eigenvalue weighted by Crippen LogP contribution is 2.24. The van der Waals surface area contributed by atoms with Crippen molar-refractivity contribution in [2.45, 2.75) is 46.1 Å². The molecule has 1 aliphatic heterocycles. The second-order valence-corrected chi connectivity index (χ2v) is 5.99. The number of aromatic nitrogens is 3. The lowest BCUT2D eigenvalue weighted by Gasteiger charge is -2.16. The highest BCUT2D eigenvalue weighted by atomic mass is 16.5. The van der Waals surface area contributed by atoms with Gasteiger partial charge in [0, 0.05) is 31.3 Å². The Balaban J connectivity index is 1.69. The Bertz CT molecular complexity index is 673. The molecule has 0 N–H and O–H groups in total. The topological polar surface area (TPSA) is 64.2 Å². The summed E-state index contributed by atoms with van der Waals surface area (Å²) in [6, 6.07) is 4.08. The summed E-state index contributed by atoms with van der Waals surface area (Å²) in [7, 11) is 0. The molecule has 0 aromatic carbocycles. The van der Waals surface area contributed by atoms with Crippen LogP contribution in [-0.4, -0.2) is 38.8 Å². The first kappa shape index (κ1) is 14.8. The van der Waals surface area contributed by atoms with Gasteiger partial charge in [0.1, 0.15) is 5.76 Å². The van der Waals surface area contributed by atoms with Crippen LogP contribution < -0.4 is 0 Å². The molecule has 0 saturated carbocycles. The number of carbonyl (C=O) groups excluding carboxylic acids is 1. The zero-order valence-electron chi connectivity index (χ0n) is 13.4. The molecule has 0 radical (unpaired) electrons. The van der Waals surface area contributed by atoms with E-state index in [1.807, 2.05) is 16.5 Å². The van der Waals surface area contributed by atoms with Crippen LogP contribution in [0.3, 0.4) is 0 Å². The molecule has 1 aliphatic rings. The summed E-state index contributed by atoms with van der Waals surface area (Å²) in [6.45, 7) is 7.53. The molecule has 3 heterocycles. The Hall–Kier alpha value is -2.11. The van der Waals surface area contributed by atoms with Crippen LogP contribution in [0.15, 0.2) is 16.7 Å². The SMILES string of the molecule is CCCc1cc(C(=O)N2CC[C@H](n3nc(C)cc3C)C2)no1. The Kier molecular flexibility index (Phi) is 4.00. The van der Waals surface area contributed by atoms with Gasteiger partial charge in [-0.3, -0.25) is 9.48 Å². The summed E-state index contributed by atoms with van der Waals surface area (Å²) in [4.78, 5) is 14.3. The van der Waals surface area contributed by atoms with E-state index < -0.39 is 0 Å². The molecule has 2 aromatic rings. The predicted molar refractivity (Wildman–Crippen MR) is 81.8 cm³/mol. The zero-order valence-corrected chi connectivity index (χ0v) is 13.4. The third-order valence-electron chi connectivity index (χ3n) is 4.12. The monoisotopic (exact) mass is 302 g/mol. The molecule has 0 spiro atoms. The summed E-state index contributed by atoms with van der Waals surface area (Å²) in [6.07, 6.45) is 2.72. The maximum atomic E-state index is 12.5. The quantitative estimate of drug-likeness (QED) is 0.870. The van der Waals surface area contributed by atoms with Crippen LogP contribution in [0.25, 0.3) is 0 Å². The van der Waals surface area contributed by atoms with Crippen LogP contribution in [0.2, 0.25) is 0 Å². The molecule has 1 saturated heterocycles. The average Bonchev–Trinajstić information content (AvgIpc) is 3.18. The standard InChI is InChI=1S/C16H22N4O2/c1-4-5-14-9-15(18-22-14)16(21)19-7-6-13(10-19)20-12(3)8-11(2)17-20/h8-9,13H,4-7,10H2,1-3H3/t13-/m0/s1. The second-order valence-electron chi connectivity index (χ2n) is 5.99. The minimum atomic E-state index is -0.0462. The van der Waals surface area contributed by atoms with Crippen molar-refractivity contribution in [3.8, 4) is 0 Å². The predicted octanol–water partition coefficient (Wildman–Crippen LogP) is 2.53.